The van der Waals surface area contributed by atoms with Crippen LogP contribution in [0.2, 0.25) is 0 Å². The highest BCUT2D eigenvalue weighted by Gasteiger charge is 2.28. The lowest BCUT2D eigenvalue weighted by molar-refractivity contribution is -0.137. The normalized spacial score (nSPS) is 15.0. The Morgan fingerprint density at radius 2 is 2.03 bits per heavy atom. The van der Waals surface area contributed by atoms with E-state index >= 15 is 0 Å². The largest absolute Gasteiger partial charge is 0.463 e. The highest BCUT2D eigenvalue weighted by Crippen LogP contribution is 2.29. The molecule has 1 aliphatic heterocycles. The summed E-state index contributed by atoms with van der Waals surface area (Å²) < 4.78 is 15.4. The van der Waals surface area contributed by atoms with E-state index in [0.717, 1.165) is 5.56 Å². The summed E-state index contributed by atoms with van der Waals surface area (Å²) in [4.78, 5) is 37.7. The summed E-state index contributed by atoms with van der Waals surface area (Å²) >= 11 is 1.24. The summed E-state index contributed by atoms with van der Waals surface area (Å²) in [6.45, 7) is 3.69. The summed E-state index contributed by atoms with van der Waals surface area (Å²) in [6, 6.07) is 9.17. The molecule has 0 spiro atoms. The van der Waals surface area contributed by atoms with E-state index in [1.807, 2.05) is 30.3 Å². The van der Waals surface area contributed by atoms with Crippen molar-refractivity contribution in [1.82, 2.24) is 10.1 Å². The second kappa shape index (κ2) is 9.42. The third-order valence-corrected chi connectivity index (χ3v) is 5.13. The van der Waals surface area contributed by atoms with Gasteiger partial charge in [-0.05, 0) is 13.8 Å². The van der Waals surface area contributed by atoms with Gasteiger partial charge < -0.3 is 18.9 Å². The number of esters is 2. The number of amides is 1. The maximum atomic E-state index is 12.6. The van der Waals surface area contributed by atoms with Crippen LogP contribution < -0.4 is 0 Å². The minimum atomic E-state index is -0.585. The SMILES string of the molecule is CCOC(=O)/C=C1\SCC(=O)N1CCOC(=O)c1c(-c2ccccc2)noc1C. The van der Waals surface area contributed by atoms with Gasteiger partial charge >= 0.3 is 11.9 Å². The molecule has 0 radical (unpaired) electrons. The Bertz CT molecular complexity index is 938. The van der Waals surface area contributed by atoms with Crippen molar-refractivity contribution in [3.8, 4) is 11.3 Å². The summed E-state index contributed by atoms with van der Waals surface area (Å²) in [5.41, 5.74) is 1.39. The van der Waals surface area contributed by atoms with Crippen molar-refractivity contribution < 1.29 is 28.4 Å². The van der Waals surface area contributed by atoms with E-state index in [1.165, 1.54) is 22.7 Å². The van der Waals surface area contributed by atoms with Gasteiger partial charge in [0.15, 0.2) is 0 Å². The second-order valence-corrected chi connectivity index (χ2v) is 7.03. The molecule has 0 atom stereocenters. The predicted octanol–water partition coefficient (Wildman–Crippen LogP) is 2.79. The van der Waals surface area contributed by atoms with E-state index in [4.69, 9.17) is 14.0 Å². The molecule has 1 aliphatic rings. The van der Waals surface area contributed by atoms with Gasteiger partial charge in [0.05, 0.1) is 30.0 Å². The molecule has 0 unspecified atom stereocenters. The van der Waals surface area contributed by atoms with Crippen molar-refractivity contribution in [3.05, 3.63) is 52.8 Å². The fraction of sp³-hybridized carbons (Fsp3) is 0.300. The van der Waals surface area contributed by atoms with Crippen molar-refractivity contribution in [2.75, 3.05) is 25.5 Å². The highest BCUT2D eigenvalue weighted by molar-refractivity contribution is 8.04. The molecule has 1 saturated heterocycles. The molecule has 0 N–H and O–H groups in total. The van der Waals surface area contributed by atoms with Gasteiger partial charge in [0.25, 0.3) is 0 Å². The van der Waals surface area contributed by atoms with Crippen LogP contribution in [-0.4, -0.2) is 53.4 Å². The lowest BCUT2D eigenvalue weighted by atomic mass is 10.1. The molecule has 3 rings (SSSR count). The Hall–Kier alpha value is -3.07. The summed E-state index contributed by atoms with van der Waals surface area (Å²) in [6.07, 6.45) is 1.28. The topological polar surface area (TPSA) is 98.9 Å². The lowest BCUT2D eigenvalue weighted by Gasteiger charge is -2.16. The van der Waals surface area contributed by atoms with Crippen molar-refractivity contribution >= 4 is 29.6 Å². The van der Waals surface area contributed by atoms with Crippen LogP contribution in [0.25, 0.3) is 11.3 Å². The average molecular weight is 416 g/mol. The van der Waals surface area contributed by atoms with Crippen LogP contribution in [0.15, 0.2) is 46.0 Å². The molecule has 9 heteroatoms. The van der Waals surface area contributed by atoms with E-state index in [2.05, 4.69) is 5.16 Å². The summed E-state index contributed by atoms with van der Waals surface area (Å²) in [5, 5.41) is 4.44. The van der Waals surface area contributed by atoms with Crippen molar-refractivity contribution in [2.24, 2.45) is 0 Å². The number of ether oxygens (including phenoxy) is 2. The monoisotopic (exact) mass is 416 g/mol. The molecular weight excluding hydrogens is 396 g/mol. The number of carbonyl (C=O) groups is 3. The first kappa shape index (κ1) is 20.7. The fourth-order valence-corrected chi connectivity index (χ4v) is 3.72. The van der Waals surface area contributed by atoms with Crippen molar-refractivity contribution in [1.29, 1.82) is 0 Å². The molecule has 1 aromatic carbocycles. The molecule has 1 amide bonds. The first-order valence-electron chi connectivity index (χ1n) is 9.01. The minimum Gasteiger partial charge on any atom is -0.463 e. The molecule has 0 aliphatic carbocycles. The number of aromatic nitrogens is 1. The zero-order valence-corrected chi connectivity index (χ0v) is 16.9. The van der Waals surface area contributed by atoms with E-state index in [0.29, 0.717) is 16.5 Å². The molecule has 8 nitrogen and oxygen atoms in total. The molecular formula is C20H20N2O6S. The third-order valence-electron chi connectivity index (χ3n) is 4.10. The Labute approximate surface area is 171 Å². The molecule has 0 bridgehead atoms. The summed E-state index contributed by atoms with van der Waals surface area (Å²) in [5.74, 6) is -0.684. The van der Waals surface area contributed by atoms with Crippen LogP contribution in [0.4, 0.5) is 0 Å². The number of rotatable bonds is 7. The van der Waals surface area contributed by atoms with Gasteiger partial charge in [-0.3, -0.25) is 4.79 Å². The van der Waals surface area contributed by atoms with Gasteiger partial charge in [-0.15, -0.1) is 0 Å². The van der Waals surface area contributed by atoms with Crippen LogP contribution in [0, 0.1) is 6.92 Å². The average Bonchev–Trinajstić information content (AvgIpc) is 3.26. The number of hydrogen-bond donors (Lipinski definition) is 0. The zero-order chi connectivity index (χ0) is 20.8. The number of benzene rings is 1. The minimum absolute atomic E-state index is 0.0376. The van der Waals surface area contributed by atoms with Gasteiger partial charge in [-0.25, -0.2) is 9.59 Å². The number of nitrogens with zero attached hydrogens (tertiary/aromatic N) is 2. The third kappa shape index (κ3) is 4.86. The van der Waals surface area contributed by atoms with Gasteiger partial charge in [0.1, 0.15) is 23.6 Å². The molecule has 29 heavy (non-hydrogen) atoms. The number of hydrogen-bond acceptors (Lipinski definition) is 8. The standard InChI is InChI=1S/C20H20N2O6S/c1-3-26-17(24)11-16-22(15(23)12-29-16)9-10-27-20(25)18-13(2)28-21-19(18)14-7-5-4-6-8-14/h4-8,11H,3,9-10,12H2,1-2H3/b16-11-. The van der Waals surface area contributed by atoms with Crippen molar-refractivity contribution in [3.63, 3.8) is 0 Å². The Kier molecular flexibility index (Phi) is 6.71. The number of aryl methyl sites for hydroxylation is 1. The van der Waals surface area contributed by atoms with Crippen LogP contribution in [0.1, 0.15) is 23.0 Å². The molecule has 1 aromatic heterocycles. The molecule has 0 saturated carbocycles. The Morgan fingerprint density at radius 1 is 1.28 bits per heavy atom. The van der Waals surface area contributed by atoms with Crippen LogP contribution >= 0.6 is 11.8 Å². The van der Waals surface area contributed by atoms with Gasteiger partial charge in [0, 0.05) is 5.56 Å². The quantitative estimate of drug-likeness (QED) is 0.502. The summed E-state index contributed by atoms with van der Waals surface area (Å²) in [7, 11) is 0. The molecule has 152 valence electrons. The molecule has 2 heterocycles. The van der Waals surface area contributed by atoms with Gasteiger partial charge in [0.2, 0.25) is 5.91 Å². The first-order chi connectivity index (χ1) is 14.0. The smallest absolute Gasteiger partial charge is 0.344 e. The number of thioether (sulfide) groups is 1. The van der Waals surface area contributed by atoms with Gasteiger partial charge in [-0.1, -0.05) is 47.3 Å². The maximum Gasteiger partial charge on any atom is 0.344 e. The number of carbonyl (C=O) groups excluding carboxylic acids is 3. The van der Waals surface area contributed by atoms with E-state index in [-0.39, 0.29) is 37.0 Å². The van der Waals surface area contributed by atoms with Crippen LogP contribution in [-0.2, 0) is 19.1 Å². The fourth-order valence-electron chi connectivity index (χ4n) is 2.76. The molecule has 1 fully saturated rings. The zero-order valence-electron chi connectivity index (χ0n) is 16.0. The highest BCUT2D eigenvalue weighted by atomic mass is 32.2. The first-order valence-corrected chi connectivity index (χ1v) is 10.00. The van der Waals surface area contributed by atoms with Crippen LogP contribution in [0.5, 0.6) is 0 Å². The van der Waals surface area contributed by atoms with E-state index in [9.17, 15) is 14.4 Å². The second-order valence-electron chi connectivity index (χ2n) is 6.03. The van der Waals surface area contributed by atoms with Gasteiger partial charge in [-0.2, -0.15) is 0 Å². The Morgan fingerprint density at radius 3 is 2.76 bits per heavy atom. The van der Waals surface area contributed by atoms with E-state index in [1.54, 1.807) is 13.8 Å². The van der Waals surface area contributed by atoms with Crippen molar-refractivity contribution in [2.45, 2.75) is 13.8 Å². The predicted molar refractivity (Wildman–Crippen MR) is 106 cm³/mol. The lowest BCUT2D eigenvalue weighted by Crippen LogP contribution is -2.29. The molecule has 2 aromatic rings. The maximum absolute atomic E-state index is 12.6. The van der Waals surface area contributed by atoms with E-state index < -0.39 is 11.9 Å². The van der Waals surface area contributed by atoms with Crippen LogP contribution in [0.3, 0.4) is 0 Å². The Balaban J connectivity index is 1.65.